The fraction of sp³-hybridized carbons (Fsp3) is 0.923. The van der Waals surface area contributed by atoms with Gasteiger partial charge in [0.05, 0.1) is 13.0 Å². The van der Waals surface area contributed by atoms with Gasteiger partial charge < -0.3 is 8.85 Å². The van der Waals surface area contributed by atoms with E-state index in [0.717, 1.165) is 43.8 Å². The number of amides is 2. The van der Waals surface area contributed by atoms with Crippen LogP contribution in [0.5, 0.6) is 0 Å². The third-order valence-corrected chi connectivity index (χ3v) is 8.26. The number of likely N-dealkylation sites (tertiary alicyclic amines) is 2. The summed E-state index contributed by atoms with van der Waals surface area (Å²) in [7, 11) is 1.22. The van der Waals surface area contributed by atoms with Gasteiger partial charge in [-0.25, -0.2) is 9.69 Å². The Hall–Kier alpha value is -0.433. The van der Waals surface area contributed by atoms with E-state index < -0.39 is 8.56 Å². The summed E-state index contributed by atoms with van der Waals surface area (Å²) < 4.78 is 11.2. The third kappa shape index (κ3) is 3.02. The summed E-state index contributed by atoms with van der Waals surface area (Å²) in [5.74, 6) is 0. The molecule has 0 bridgehead atoms. The zero-order chi connectivity index (χ0) is 13.9. The van der Waals surface area contributed by atoms with Crippen LogP contribution in [0.15, 0.2) is 0 Å². The molecule has 0 aromatic heterocycles. The molecule has 2 rings (SSSR count). The molecule has 19 heavy (non-hydrogen) atoms. The van der Waals surface area contributed by atoms with Gasteiger partial charge in [-0.15, -0.1) is 0 Å². The molecular weight excluding hydrogens is 260 g/mol. The molecule has 2 fully saturated rings. The Morgan fingerprint density at radius 3 is 2.16 bits per heavy atom. The van der Waals surface area contributed by atoms with Gasteiger partial charge in [0.2, 0.25) is 0 Å². The van der Waals surface area contributed by atoms with Crippen LogP contribution in [0.2, 0.25) is 6.55 Å². The molecule has 2 atom stereocenters. The van der Waals surface area contributed by atoms with Crippen LogP contribution in [0.3, 0.4) is 0 Å². The predicted molar refractivity (Wildman–Crippen MR) is 75.3 cm³/mol. The molecule has 2 heterocycles. The predicted octanol–water partition coefficient (Wildman–Crippen LogP) is 0.544. The number of quaternary nitrogens is 1. The highest BCUT2D eigenvalue weighted by molar-refractivity contribution is 6.67. The number of nitrogens with zero attached hydrogens (tertiary/aromatic N) is 1. The second-order valence-electron chi connectivity index (χ2n) is 5.75. The Labute approximate surface area is 117 Å². The van der Waals surface area contributed by atoms with Crippen molar-refractivity contribution < 1.29 is 18.5 Å². The van der Waals surface area contributed by atoms with Crippen LogP contribution in [0.1, 0.15) is 32.1 Å². The summed E-state index contributed by atoms with van der Waals surface area (Å²) in [6, 6.07) is 0.269. The van der Waals surface area contributed by atoms with Gasteiger partial charge in [-0.05, 0) is 19.4 Å². The molecule has 0 aliphatic carbocycles. The van der Waals surface area contributed by atoms with E-state index in [1.54, 1.807) is 14.2 Å². The Morgan fingerprint density at radius 1 is 1.16 bits per heavy atom. The van der Waals surface area contributed by atoms with E-state index in [4.69, 9.17) is 8.85 Å². The number of rotatable bonds is 3. The first-order valence-electron chi connectivity index (χ1n) is 7.37. The van der Waals surface area contributed by atoms with Gasteiger partial charge in [0.15, 0.2) is 0 Å². The standard InChI is InChI=1S/C13H26N2O3Si/c1-17-19(3,18-2)12-8-11-15(12)13(16)14-9-6-4-5-7-10-14/h12H,4-11H2,1-3H3/p+1. The number of nitrogens with one attached hydrogen (secondary N) is 1. The molecule has 6 heteroatoms. The highest BCUT2D eigenvalue weighted by Crippen LogP contribution is 2.16. The van der Waals surface area contributed by atoms with Gasteiger partial charge in [0.25, 0.3) is 0 Å². The average molecular weight is 287 g/mol. The molecule has 2 aliphatic rings. The fourth-order valence-corrected chi connectivity index (χ4v) is 5.42. The molecule has 2 unspecified atom stereocenters. The number of hydrogen-bond acceptors (Lipinski definition) is 3. The van der Waals surface area contributed by atoms with Crippen molar-refractivity contribution in [3.05, 3.63) is 0 Å². The van der Waals surface area contributed by atoms with Crippen molar-refractivity contribution in [1.29, 1.82) is 0 Å². The van der Waals surface area contributed by atoms with Crippen LogP contribution in [0.4, 0.5) is 4.79 Å². The Kier molecular flexibility index (Phi) is 5.00. The normalized spacial score (nSPS) is 28.7. The Bertz CT molecular complexity index is 315. The lowest BCUT2D eigenvalue weighted by molar-refractivity contribution is -0.880. The zero-order valence-corrected chi connectivity index (χ0v) is 13.4. The first kappa shape index (κ1) is 15.0. The number of urea groups is 1. The molecule has 0 spiro atoms. The summed E-state index contributed by atoms with van der Waals surface area (Å²) in [5.41, 5.74) is 0.248. The second kappa shape index (κ2) is 6.34. The first-order valence-corrected chi connectivity index (χ1v) is 9.77. The van der Waals surface area contributed by atoms with Crippen LogP contribution in [-0.2, 0) is 8.85 Å². The minimum Gasteiger partial charge on any atom is -0.394 e. The fourth-order valence-electron chi connectivity index (χ4n) is 3.11. The maximum absolute atomic E-state index is 12.6. The Morgan fingerprint density at radius 2 is 1.74 bits per heavy atom. The van der Waals surface area contributed by atoms with E-state index in [1.165, 1.54) is 12.8 Å². The van der Waals surface area contributed by atoms with E-state index in [9.17, 15) is 4.79 Å². The van der Waals surface area contributed by atoms with Crippen LogP contribution < -0.4 is 4.90 Å². The molecule has 0 saturated carbocycles. The van der Waals surface area contributed by atoms with Gasteiger partial charge in [0.1, 0.15) is 5.67 Å². The molecule has 110 valence electrons. The largest absolute Gasteiger partial charge is 0.417 e. The number of carbonyl (C=O) groups is 1. The van der Waals surface area contributed by atoms with Crippen molar-refractivity contribution in [1.82, 2.24) is 4.90 Å². The SMILES string of the molecule is CO[Si](C)(OC)C1CC[NH+]1C(=O)N1CCCCCC1. The molecule has 0 radical (unpaired) electrons. The topological polar surface area (TPSA) is 43.2 Å². The van der Waals surface area contributed by atoms with Gasteiger partial charge in [-0.2, -0.15) is 0 Å². The van der Waals surface area contributed by atoms with Gasteiger partial charge in [-0.3, -0.25) is 4.90 Å². The monoisotopic (exact) mass is 287 g/mol. The lowest BCUT2D eigenvalue weighted by Crippen LogP contribution is -3.27. The summed E-state index contributed by atoms with van der Waals surface area (Å²) >= 11 is 0. The van der Waals surface area contributed by atoms with E-state index >= 15 is 0 Å². The first-order chi connectivity index (χ1) is 9.12. The van der Waals surface area contributed by atoms with Crippen LogP contribution in [0.25, 0.3) is 0 Å². The molecule has 0 aromatic carbocycles. The van der Waals surface area contributed by atoms with Crippen LogP contribution in [-0.4, -0.2) is 59.0 Å². The maximum Gasteiger partial charge on any atom is 0.417 e. The molecule has 1 N–H and O–H groups in total. The third-order valence-electron chi connectivity index (χ3n) is 4.73. The van der Waals surface area contributed by atoms with Gasteiger partial charge in [0, 0.05) is 27.3 Å². The van der Waals surface area contributed by atoms with Crippen LogP contribution in [0, 0.1) is 0 Å². The molecule has 5 nitrogen and oxygen atoms in total. The summed E-state index contributed by atoms with van der Waals surface area (Å²) in [4.78, 5) is 15.7. The van der Waals surface area contributed by atoms with Crippen molar-refractivity contribution in [2.45, 2.75) is 44.3 Å². The van der Waals surface area contributed by atoms with Crippen LogP contribution >= 0.6 is 0 Å². The van der Waals surface area contributed by atoms with Crippen molar-refractivity contribution in [2.75, 3.05) is 33.9 Å². The number of hydrogen-bond donors (Lipinski definition) is 1. The van der Waals surface area contributed by atoms with E-state index in [2.05, 4.69) is 11.4 Å². The second-order valence-corrected chi connectivity index (χ2v) is 9.29. The molecular formula is C13H27N2O3Si+. The lowest BCUT2D eigenvalue weighted by Gasteiger charge is -2.43. The van der Waals surface area contributed by atoms with Gasteiger partial charge in [-0.1, -0.05) is 12.8 Å². The molecule has 2 amide bonds. The zero-order valence-electron chi connectivity index (χ0n) is 12.4. The summed E-state index contributed by atoms with van der Waals surface area (Å²) in [6.45, 7) is 4.84. The van der Waals surface area contributed by atoms with E-state index in [-0.39, 0.29) is 11.7 Å². The van der Waals surface area contributed by atoms with Crippen molar-refractivity contribution >= 4 is 14.6 Å². The maximum atomic E-state index is 12.6. The molecule has 2 aliphatic heterocycles. The van der Waals surface area contributed by atoms with E-state index in [1.807, 2.05) is 0 Å². The van der Waals surface area contributed by atoms with Crippen molar-refractivity contribution in [3.63, 3.8) is 0 Å². The lowest BCUT2D eigenvalue weighted by atomic mass is 10.2. The minimum atomic E-state index is -2.20. The van der Waals surface area contributed by atoms with E-state index in [0.29, 0.717) is 0 Å². The summed E-state index contributed by atoms with van der Waals surface area (Å²) in [6.07, 6.45) is 5.84. The molecule has 2 saturated heterocycles. The highest BCUT2D eigenvalue weighted by Gasteiger charge is 2.55. The molecule has 0 aromatic rings. The number of carbonyl (C=O) groups excluding carboxylic acids is 1. The quantitative estimate of drug-likeness (QED) is 0.771. The van der Waals surface area contributed by atoms with Crippen molar-refractivity contribution in [3.8, 4) is 0 Å². The summed E-state index contributed by atoms with van der Waals surface area (Å²) in [5, 5.41) is 0. The van der Waals surface area contributed by atoms with Gasteiger partial charge >= 0.3 is 14.6 Å². The minimum absolute atomic E-state index is 0.248. The smallest absolute Gasteiger partial charge is 0.394 e. The Balaban J connectivity index is 1.99. The van der Waals surface area contributed by atoms with Crippen molar-refractivity contribution in [2.24, 2.45) is 0 Å². The highest BCUT2D eigenvalue weighted by atomic mass is 28.4. The average Bonchev–Trinajstić information content (AvgIpc) is 2.66.